The van der Waals surface area contributed by atoms with Crippen LogP contribution in [0.5, 0.6) is 5.75 Å². The Hall–Kier alpha value is -2.84. The molecular weight excluding hydrogens is 408 g/mol. The lowest BCUT2D eigenvalue weighted by Gasteiger charge is -2.12. The van der Waals surface area contributed by atoms with Gasteiger partial charge in [-0.2, -0.15) is 0 Å². The van der Waals surface area contributed by atoms with Crippen LogP contribution in [0, 0.1) is 6.92 Å². The molecule has 0 atom stereocenters. The predicted molar refractivity (Wildman–Crippen MR) is 116 cm³/mol. The fraction of sp³-hybridized carbons (Fsp3) is 0.190. The summed E-state index contributed by atoms with van der Waals surface area (Å²) in [7, 11) is -3.67. The Morgan fingerprint density at radius 3 is 2.62 bits per heavy atom. The van der Waals surface area contributed by atoms with Gasteiger partial charge in [0, 0.05) is 16.9 Å². The van der Waals surface area contributed by atoms with Crippen LogP contribution in [0.3, 0.4) is 0 Å². The van der Waals surface area contributed by atoms with E-state index in [4.69, 9.17) is 4.74 Å². The van der Waals surface area contributed by atoms with Crippen LogP contribution in [0.25, 0.3) is 0 Å². The number of carbonyl (C=O) groups excluding carboxylic acids is 1. The summed E-state index contributed by atoms with van der Waals surface area (Å²) >= 11 is 1.13. The number of rotatable bonds is 8. The first-order valence-electron chi connectivity index (χ1n) is 9.10. The summed E-state index contributed by atoms with van der Waals surface area (Å²) < 4.78 is 33.1. The van der Waals surface area contributed by atoms with E-state index in [9.17, 15) is 13.2 Å². The largest absolute Gasteiger partial charge is 0.494 e. The lowest BCUT2D eigenvalue weighted by Crippen LogP contribution is -2.15. The average molecular weight is 431 g/mol. The highest BCUT2D eigenvalue weighted by molar-refractivity contribution is 7.94. The lowest BCUT2D eigenvalue weighted by molar-refractivity contribution is 0.102. The van der Waals surface area contributed by atoms with E-state index in [0.717, 1.165) is 29.1 Å². The summed E-state index contributed by atoms with van der Waals surface area (Å²) in [5.41, 5.74) is 2.22. The maximum Gasteiger partial charge on any atom is 0.271 e. The number of hydrogen-bond acceptors (Lipinski definition) is 5. The van der Waals surface area contributed by atoms with Crippen LogP contribution < -0.4 is 14.8 Å². The van der Waals surface area contributed by atoms with Gasteiger partial charge in [-0.05, 0) is 66.8 Å². The first-order valence-corrected chi connectivity index (χ1v) is 11.5. The topological polar surface area (TPSA) is 84.5 Å². The van der Waals surface area contributed by atoms with Gasteiger partial charge in [0.05, 0.1) is 6.61 Å². The molecule has 0 spiro atoms. The number of nitrogens with one attached hydrogen (secondary N) is 2. The van der Waals surface area contributed by atoms with Crippen LogP contribution in [0.4, 0.5) is 11.4 Å². The SMILES string of the molecule is CCCOc1ccc(NC(=O)c2cccc(NS(=O)(=O)c3cccs3)c2)c(C)c1. The molecule has 6 nitrogen and oxygen atoms in total. The normalized spacial score (nSPS) is 11.1. The zero-order valence-corrected chi connectivity index (χ0v) is 17.8. The molecule has 0 aliphatic heterocycles. The fourth-order valence-electron chi connectivity index (χ4n) is 2.63. The van der Waals surface area contributed by atoms with Gasteiger partial charge in [-0.1, -0.05) is 19.1 Å². The number of benzene rings is 2. The molecule has 3 rings (SSSR count). The lowest BCUT2D eigenvalue weighted by atomic mass is 10.1. The molecule has 0 bridgehead atoms. The number of anilines is 2. The molecule has 0 radical (unpaired) electrons. The minimum absolute atomic E-state index is 0.216. The minimum atomic E-state index is -3.67. The molecule has 0 aliphatic rings. The van der Waals surface area contributed by atoms with Gasteiger partial charge in [-0.15, -0.1) is 11.3 Å². The Balaban J connectivity index is 1.73. The molecule has 0 fully saturated rings. The van der Waals surface area contributed by atoms with E-state index in [2.05, 4.69) is 10.0 Å². The van der Waals surface area contributed by atoms with Crippen LogP contribution in [0.2, 0.25) is 0 Å². The zero-order chi connectivity index (χ0) is 20.9. The van der Waals surface area contributed by atoms with E-state index in [-0.39, 0.29) is 10.1 Å². The van der Waals surface area contributed by atoms with Crippen molar-refractivity contribution in [2.24, 2.45) is 0 Å². The molecule has 0 unspecified atom stereocenters. The van der Waals surface area contributed by atoms with E-state index >= 15 is 0 Å². The maximum atomic E-state index is 12.7. The molecule has 1 aromatic heterocycles. The van der Waals surface area contributed by atoms with Crippen molar-refractivity contribution in [3.8, 4) is 5.75 Å². The summed E-state index contributed by atoms with van der Waals surface area (Å²) in [6.07, 6.45) is 0.921. The van der Waals surface area contributed by atoms with Crippen LogP contribution in [0.15, 0.2) is 64.2 Å². The van der Waals surface area contributed by atoms with E-state index in [1.54, 1.807) is 35.7 Å². The quantitative estimate of drug-likeness (QED) is 0.532. The third-order valence-corrected chi connectivity index (χ3v) is 6.83. The van der Waals surface area contributed by atoms with Gasteiger partial charge in [0.25, 0.3) is 15.9 Å². The molecule has 29 heavy (non-hydrogen) atoms. The molecule has 2 aromatic carbocycles. The van der Waals surface area contributed by atoms with Gasteiger partial charge < -0.3 is 10.1 Å². The highest BCUT2D eigenvalue weighted by atomic mass is 32.2. The highest BCUT2D eigenvalue weighted by Gasteiger charge is 2.16. The fourth-order valence-corrected chi connectivity index (χ4v) is 4.67. The van der Waals surface area contributed by atoms with Crippen molar-refractivity contribution in [1.82, 2.24) is 0 Å². The van der Waals surface area contributed by atoms with Gasteiger partial charge in [0.2, 0.25) is 0 Å². The first kappa shape index (κ1) is 20.9. The summed E-state index contributed by atoms with van der Waals surface area (Å²) in [5.74, 6) is 0.430. The molecule has 8 heteroatoms. The predicted octanol–water partition coefficient (Wildman–Crippen LogP) is 4.90. The van der Waals surface area contributed by atoms with Crippen LogP contribution in [-0.2, 0) is 10.0 Å². The highest BCUT2D eigenvalue weighted by Crippen LogP contribution is 2.24. The number of sulfonamides is 1. The molecular formula is C21H22N2O4S2. The molecule has 0 saturated heterocycles. The Morgan fingerprint density at radius 1 is 1.10 bits per heavy atom. The summed E-state index contributed by atoms with van der Waals surface area (Å²) in [5, 5.41) is 4.55. The van der Waals surface area contributed by atoms with Crippen LogP contribution >= 0.6 is 11.3 Å². The first-order chi connectivity index (χ1) is 13.9. The second-order valence-corrected chi connectivity index (χ2v) is 9.25. The van der Waals surface area contributed by atoms with E-state index in [1.807, 2.05) is 26.0 Å². The monoisotopic (exact) mass is 430 g/mol. The molecule has 0 saturated carbocycles. The second-order valence-electron chi connectivity index (χ2n) is 6.40. The van der Waals surface area contributed by atoms with E-state index < -0.39 is 10.0 Å². The maximum absolute atomic E-state index is 12.7. The van der Waals surface area contributed by atoms with Crippen molar-refractivity contribution in [2.45, 2.75) is 24.5 Å². The average Bonchev–Trinajstić information content (AvgIpc) is 3.24. The zero-order valence-electron chi connectivity index (χ0n) is 16.1. The molecule has 3 aromatic rings. The number of ether oxygens (including phenoxy) is 1. The van der Waals surface area contributed by atoms with Crippen molar-refractivity contribution in [3.63, 3.8) is 0 Å². The third kappa shape index (κ3) is 5.36. The van der Waals surface area contributed by atoms with Gasteiger partial charge in [-0.25, -0.2) is 8.42 Å². The van der Waals surface area contributed by atoms with Gasteiger partial charge in [-0.3, -0.25) is 9.52 Å². The Labute approximate surface area is 174 Å². The van der Waals surface area contributed by atoms with Gasteiger partial charge >= 0.3 is 0 Å². The third-order valence-electron chi connectivity index (χ3n) is 4.06. The van der Waals surface area contributed by atoms with E-state index in [0.29, 0.717) is 23.5 Å². The van der Waals surface area contributed by atoms with Crippen LogP contribution in [-0.4, -0.2) is 20.9 Å². The van der Waals surface area contributed by atoms with Crippen molar-refractivity contribution in [1.29, 1.82) is 0 Å². The molecule has 1 heterocycles. The molecule has 152 valence electrons. The summed E-state index contributed by atoms with van der Waals surface area (Å²) in [6.45, 7) is 4.56. The van der Waals surface area contributed by atoms with Crippen molar-refractivity contribution >= 4 is 38.6 Å². The molecule has 0 aliphatic carbocycles. The van der Waals surface area contributed by atoms with E-state index in [1.165, 1.54) is 12.1 Å². The number of aryl methyl sites for hydroxylation is 1. The summed E-state index contributed by atoms with van der Waals surface area (Å²) in [6, 6.07) is 15.1. The van der Waals surface area contributed by atoms with Crippen LogP contribution in [0.1, 0.15) is 29.3 Å². The second kappa shape index (κ2) is 9.11. The van der Waals surface area contributed by atoms with Crippen molar-refractivity contribution < 1.29 is 17.9 Å². The van der Waals surface area contributed by atoms with Gasteiger partial charge in [0.1, 0.15) is 9.96 Å². The molecule has 1 amide bonds. The molecule has 2 N–H and O–H groups in total. The van der Waals surface area contributed by atoms with Crippen molar-refractivity contribution in [2.75, 3.05) is 16.6 Å². The Bertz CT molecular complexity index is 1090. The summed E-state index contributed by atoms with van der Waals surface area (Å²) in [4.78, 5) is 12.7. The smallest absolute Gasteiger partial charge is 0.271 e. The minimum Gasteiger partial charge on any atom is -0.494 e. The number of thiophene rings is 1. The Morgan fingerprint density at radius 2 is 1.93 bits per heavy atom. The number of hydrogen-bond donors (Lipinski definition) is 2. The van der Waals surface area contributed by atoms with Crippen molar-refractivity contribution in [3.05, 3.63) is 71.1 Å². The number of amides is 1. The standard InChI is InChI=1S/C21H22N2O4S2/c1-3-11-27-18-9-10-19(15(2)13-18)22-21(24)16-6-4-7-17(14-16)23-29(25,26)20-8-5-12-28-20/h4-10,12-14,23H,3,11H2,1-2H3,(H,22,24). The Kier molecular flexibility index (Phi) is 6.56. The van der Waals surface area contributed by atoms with Gasteiger partial charge in [0.15, 0.2) is 0 Å². The number of carbonyl (C=O) groups is 1.